The molecule has 1 aromatic carbocycles. The highest BCUT2D eigenvalue weighted by atomic mass is 19.1. The molecular weight excluding hydrogens is 395 g/mol. The highest BCUT2D eigenvalue weighted by molar-refractivity contribution is 5.97. The second kappa shape index (κ2) is 8.64. The molecule has 2 N–H and O–H groups in total. The third-order valence-electron chi connectivity index (χ3n) is 5.96. The zero-order valence-corrected chi connectivity index (χ0v) is 17.7. The van der Waals surface area contributed by atoms with Gasteiger partial charge in [0.2, 0.25) is 0 Å². The largest absolute Gasteiger partial charge is 0.378 e. The first-order valence-corrected chi connectivity index (χ1v) is 10.8. The Balaban J connectivity index is 1.56. The van der Waals surface area contributed by atoms with Crippen LogP contribution in [0.25, 0.3) is 10.9 Å². The number of hydrogen-bond acceptors (Lipinski definition) is 7. The minimum absolute atomic E-state index is 0.278. The van der Waals surface area contributed by atoms with Crippen molar-refractivity contribution in [3.63, 3.8) is 0 Å². The molecular formula is C23H27FN6O. The van der Waals surface area contributed by atoms with Crippen molar-refractivity contribution < 1.29 is 9.13 Å². The lowest BCUT2D eigenvalue weighted by Gasteiger charge is -2.31. The average molecular weight is 423 g/mol. The van der Waals surface area contributed by atoms with Crippen molar-refractivity contribution in [2.45, 2.75) is 6.92 Å². The molecule has 162 valence electrons. The van der Waals surface area contributed by atoms with Gasteiger partial charge in [-0.05, 0) is 25.1 Å². The van der Waals surface area contributed by atoms with Gasteiger partial charge < -0.3 is 25.2 Å². The lowest BCUT2D eigenvalue weighted by atomic mass is 10.1. The molecule has 0 bridgehead atoms. The number of pyridine rings is 2. The molecule has 7 nitrogen and oxygen atoms in total. The maximum absolute atomic E-state index is 14.9. The molecule has 2 saturated heterocycles. The monoisotopic (exact) mass is 422 g/mol. The van der Waals surface area contributed by atoms with Crippen LogP contribution in [-0.2, 0) is 4.74 Å². The Morgan fingerprint density at radius 2 is 1.87 bits per heavy atom. The summed E-state index contributed by atoms with van der Waals surface area (Å²) in [4.78, 5) is 13.8. The van der Waals surface area contributed by atoms with E-state index >= 15 is 0 Å². The fourth-order valence-electron chi connectivity index (χ4n) is 4.33. The predicted molar refractivity (Wildman–Crippen MR) is 122 cm³/mol. The zero-order chi connectivity index (χ0) is 21.2. The van der Waals surface area contributed by atoms with E-state index < -0.39 is 0 Å². The van der Waals surface area contributed by atoms with Crippen molar-refractivity contribution in [1.29, 1.82) is 0 Å². The van der Waals surface area contributed by atoms with Gasteiger partial charge in [0, 0.05) is 44.8 Å². The summed E-state index contributed by atoms with van der Waals surface area (Å²) >= 11 is 0. The second-order valence-electron chi connectivity index (χ2n) is 7.96. The van der Waals surface area contributed by atoms with Crippen molar-refractivity contribution in [3.05, 3.63) is 48.0 Å². The van der Waals surface area contributed by atoms with Crippen LogP contribution in [0, 0.1) is 12.7 Å². The Morgan fingerprint density at radius 3 is 2.68 bits per heavy atom. The third kappa shape index (κ3) is 4.00. The van der Waals surface area contributed by atoms with Crippen molar-refractivity contribution in [1.82, 2.24) is 15.3 Å². The van der Waals surface area contributed by atoms with Gasteiger partial charge in [-0.15, -0.1) is 0 Å². The van der Waals surface area contributed by atoms with Crippen LogP contribution in [0.4, 0.5) is 27.3 Å². The summed E-state index contributed by atoms with van der Waals surface area (Å²) in [5.74, 6) is 0.624. The lowest BCUT2D eigenvalue weighted by molar-refractivity contribution is 0.122. The summed E-state index contributed by atoms with van der Waals surface area (Å²) in [6.45, 7) is 8.69. The summed E-state index contributed by atoms with van der Waals surface area (Å²) in [5, 5.41) is 7.36. The first kappa shape index (κ1) is 20.0. The quantitative estimate of drug-likeness (QED) is 0.670. The van der Waals surface area contributed by atoms with E-state index in [1.165, 1.54) is 6.07 Å². The van der Waals surface area contributed by atoms with Crippen LogP contribution in [-0.4, -0.2) is 62.5 Å². The lowest BCUT2D eigenvalue weighted by Crippen LogP contribution is -2.44. The van der Waals surface area contributed by atoms with Crippen molar-refractivity contribution in [2.24, 2.45) is 0 Å². The Labute approximate surface area is 181 Å². The number of piperazine rings is 1. The Bertz CT molecular complexity index is 1080. The maximum Gasteiger partial charge on any atom is 0.134 e. The van der Waals surface area contributed by atoms with Crippen molar-refractivity contribution >= 4 is 33.8 Å². The summed E-state index contributed by atoms with van der Waals surface area (Å²) in [6, 6.07) is 7.14. The SMILES string of the molecule is Cc1c(N2CCNCC2)nc2cccc(F)c2c1Nc1cncc(N2CCOCC2)c1. The number of anilines is 4. The molecule has 0 unspecified atom stereocenters. The van der Waals surface area contributed by atoms with Crippen LogP contribution < -0.4 is 20.4 Å². The molecule has 2 aliphatic heterocycles. The number of hydrogen-bond donors (Lipinski definition) is 2. The highest BCUT2D eigenvalue weighted by Gasteiger charge is 2.21. The molecule has 31 heavy (non-hydrogen) atoms. The first-order valence-electron chi connectivity index (χ1n) is 10.8. The van der Waals surface area contributed by atoms with Gasteiger partial charge in [-0.2, -0.15) is 0 Å². The standard InChI is InChI=1S/C23H27FN6O/c1-16-22(27-17-13-18(15-26-14-17)29-9-11-31-12-10-29)21-19(24)3-2-4-20(21)28-23(16)30-7-5-25-6-8-30/h2-4,13-15,25H,5-12H2,1H3,(H,27,28). The van der Waals surface area contributed by atoms with E-state index in [1.54, 1.807) is 12.3 Å². The number of aromatic nitrogens is 2. The van der Waals surface area contributed by atoms with Crippen molar-refractivity contribution in [3.8, 4) is 0 Å². The molecule has 2 aliphatic rings. The number of ether oxygens (including phenoxy) is 1. The molecule has 4 heterocycles. The molecule has 0 amide bonds. The number of nitrogens with zero attached hydrogens (tertiary/aromatic N) is 4. The molecule has 0 spiro atoms. The highest BCUT2D eigenvalue weighted by Crippen LogP contribution is 2.36. The van der Waals surface area contributed by atoms with E-state index in [2.05, 4.69) is 31.5 Å². The van der Waals surface area contributed by atoms with Crippen LogP contribution in [0.2, 0.25) is 0 Å². The number of rotatable bonds is 4. The maximum atomic E-state index is 14.9. The topological polar surface area (TPSA) is 65.5 Å². The second-order valence-corrected chi connectivity index (χ2v) is 7.96. The number of nitrogens with one attached hydrogen (secondary N) is 2. The summed E-state index contributed by atoms with van der Waals surface area (Å²) < 4.78 is 20.4. The third-order valence-corrected chi connectivity index (χ3v) is 5.96. The van der Waals surface area contributed by atoms with Gasteiger partial charge in [-0.25, -0.2) is 9.37 Å². The molecule has 0 atom stereocenters. The number of halogens is 1. The average Bonchev–Trinajstić information content (AvgIpc) is 2.82. The molecule has 0 aliphatic carbocycles. The van der Waals surface area contributed by atoms with Gasteiger partial charge in [-0.3, -0.25) is 4.98 Å². The number of benzene rings is 1. The molecule has 2 aromatic heterocycles. The van der Waals surface area contributed by atoms with Gasteiger partial charge in [0.1, 0.15) is 11.6 Å². The van der Waals surface area contributed by atoms with Gasteiger partial charge >= 0.3 is 0 Å². The van der Waals surface area contributed by atoms with Gasteiger partial charge in [-0.1, -0.05) is 6.07 Å². The molecule has 2 fully saturated rings. The van der Waals surface area contributed by atoms with Crippen LogP contribution in [0.3, 0.4) is 0 Å². The summed E-state index contributed by atoms with van der Waals surface area (Å²) in [5.41, 5.74) is 4.20. The molecule has 5 rings (SSSR count). The van der Waals surface area contributed by atoms with E-state index in [9.17, 15) is 4.39 Å². The smallest absolute Gasteiger partial charge is 0.134 e. The molecule has 0 saturated carbocycles. The van der Waals surface area contributed by atoms with Crippen LogP contribution in [0.1, 0.15) is 5.56 Å². The first-order chi connectivity index (χ1) is 15.2. The van der Waals surface area contributed by atoms with Gasteiger partial charge in [0.25, 0.3) is 0 Å². The van der Waals surface area contributed by atoms with Gasteiger partial charge in [0.05, 0.1) is 53.6 Å². The zero-order valence-electron chi connectivity index (χ0n) is 17.7. The number of fused-ring (bicyclic) bond motifs is 1. The minimum Gasteiger partial charge on any atom is -0.378 e. The van der Waals surface area contributed by atoms with E-state index in [1.807, 2.05) is 19.2 Å². The molecule has 0 radical (unpaired) electrons. The fourth-order valence-corrected chi connectivity index (χ4v) is 4.33. The Hall–Kier alpha value is -2.97. The van der Waals surface area contributed by atoms with Crippen LogP contribution >= 0.6 is 0 Å². The molecule has 8 heteroatoms. The Kier molecular flexibility index (Phi) is 5.57. The van der Waals surface area contributed by atoms with Crippen LogP contribution in [0.15, 0.2) is 36.7 Å². The predicted octanol–water partition coefficient (Wildman–Crippen LogP) is 3.07. The van der Waals surface area contributed by atoms with E-state index in [-0.39, 0.29) is 5.82 Å². The summed E-state index contributed by atoms with van der Waals surface area (Å²) in [7, 11) is 0. The van der Waals surface area contributed by atoms with E-state index in [4.69, 9.17) is 9.72 Å². The molecule has 3 aromatic rings. The minimum atomic E-state index is -0.278. The fraction of sp³-hybridized carbons (Fsp3) is 0.391. The Morgan fingerprint density at radius 1 is 1.06 bits per heavy atom. The van der Waals surface area contributed by atoms with Crippen LogP contribution in [0.5, 0.6) is 0 Å². The van der Waals surface area contributed by atoms with E-state index in [0.29, 0.717) is 24.1 Å². The van der Waals surface area contributed by atoms with E-state index in [0.717, 1.165) is 67.7 Å². The van der Waals surface area contributed by atoms with Crippen molar-refractivity contribution in [2.75, 3.05) is 67.6 Å². The summed E-state index contributed by atoms with van der Waals surface area (Å²) in [6.07, 6.45) is 3.64. The van der Waals surface area contributed by atoms with Gasteiger partial charge in [0.15, 0.2) is 0 Å². The normalized spacial score (nSPS) is 17.2. The number of morpholine rings is 1.